The standard InChI is InChI=1S/C75H122O6/c1-4-7-10-13-16-19-22-25-28-29-30-31-32-33-34-35-36-37-38-39-40-41-42-43-44-45-48-50-53-56-59-62-65-68-74(77)80-71-72(81-75(78)69-66-63-60-57-54-51-47-27-24-21-18-15-12-9-6-3)70-79-73(76)67-64-61-58-55-52-49-46-26-23-20-17-14-11-8-5-2/h7-12,16-21,25-28,30-31,33-34,46-47,54,57,72H,4-6,13-15,22-24,29,32,35-45,48-53,55-56,58-71H2,1-3H3/b10-7-,11-8-,12-9-,19-16-,20-17-,21-18-,28-25-,31-30-,34-33-,46-26-,47-27-,57-54-. The van der Waals surface area contributed by atoms with E-state index in [-0.39, 0.29) is 37.5 Å². The van der Waals surface area contributed by atoms with Crippen LogP contribution in [-0.2, 0) is 28.6 Å². The lowest BCUT2D eigenvalue weighted by atomic mass is 10.0. The molecule has 6 heteroatoms. The van der Waals surface area contributed by atoms with Crippen molar-refractivity contribution in [2.75, 3.05) is 13.2 Å². The summed E-state index contributed by atoms with van der Waals surface area (Å²) in [7, 11) is 0. The fourth-order valence-electron chi connectivity index (χ4n) is 8.95. The van der Waals surface area contributed by atoms with Gasteiger partial charge in [-0.05, 0) is 135 Å². The molecule has 6 nitrogen and oxygen atoms in total. The summed E-state index contributed by atoms with van der Waals surface area (Å²) in [4.78, 5) is 38.3. The Morgan fingerprint density at radius 3 is 0.716 bits per heavy atom. The molecule has 0 bridgehead atoms. The minimum atomic E-state index is -0.812. The van der Waals surface area contributed by atoms with Gasteiger partial charge in [0.25, 0.3) is 0 Å². The zero-order chi connectivity index (χ0) is 58.5. The van der Waals surface area contributed by atoms with Crippen LogP contribution < -0.4 is 0 Å². The summed E-state index contributed by atoms with van der Waals surface area (Å²) in [5.41, 5.74) is 0. The number of allylic oxidation sites excluding steroid dienone is 24. The van der Waals surface area contributed by atoms with E-state index in [1.165, 1.54) is 96.3 Å². The first-order valence-corrected chi connectivity index (χ1v) is 33.3. The Balaban J connectivity index is 4.24. The fraction of sp³-hybridized carbons (Fsp3) is 0.640. The van der Waals surface area contributed by atoms with E-state index in [1.54, 1.807) is 0 Å². The van der Waals surface area contributed by atoms with E-state index >= 15 is 0 Å². The Morgan fingerprint density at radius 1 is 0.247 bits per heavy atom. The van der Waals surface area contributed by atoms with Crippen LogP contribution in [0.4, 0.5) is 0 Å². The van der Waals surface area contributed by atoms with E-state index in [9.17, 15) is 14.4 Å². The first-order chi connectivity index (χ1) is 40.0. The molecule has 81 heavy (non-hydrogen) atoms. The second kappa shape index (κ2) is 67.8. The van der Waals surface area contributed by atoms with Gasteiger partial charge in [-0.2, -0.15) is 0 Å². The van der Waals surface area contributed by atoms with Crippen molar-refractivity contribution >= 4 is 17.9 Å². The summed E-state index contributed by atoms with van der Waals surface area (Å²) in [6.45, 7) is 6.26. The molecule has 0 N–H and O–H groups in total. The zero-order valence-electron chi connectivity index (χ0n) is 52.5. The predicted molar refractivity (Wildman–Crippen MR) is 352 cm³/mol. The molecule has 0 aromatic carbocycles. The Labute approximate surface area is 499 Å². The lowest BCUT2D eigenvalue weighted by Gasteiger charge is -2.18. The summed E-state index contributed by atoms with van der Waals surface area (Å²) in [5, 5.41) is 0. The highest BCUT2D eigenvalue weighted by atomic mass is 16.6. The van der Waals surface area contributed by atoms with Crippen LogP contribution in [0, 0.1) is 0 Å². The van der Waals surface area contributed by atoms with Gasteiger partial charge in [0, 0.05) is 19.3 Å². The number of rotatable bonds is 59. The summed E-state index contributed by atoms with van der Waals surface area (Å²) in [5.74, 6) is -0.960. The molecule has 0 heterocycles. The maximum Gasteiger partial charge on any atom is 0.306 e. The van der Waals surface area contributed by atoms with Crippen LogP contribution in [0.1, 0.15) is 290 Å². The number of ether oxygens (including phenoxy) is 3. The molecular formula is C75H122O6. The third kappa shape index (κ3) is 66.0. The van der Waals surface area contributed by atoms with Gasteiger partial charge in [0.2, 0.25) is 0 Å². The van der Waals surface area contributed by atoms with Crippen molar-refractivity contribution in [2.24, 2.45) is 0 Å². The average Bonchev–Trinajstić information content (AvgIpc) is 3.47. The largest absolute Gasteiger partial charge is 0.462 e. The predicted octanol–water partition coefficient (Wildman–Crippen LogP) is 23.1. The fourth-order valence-corrected chi connectivity index (χ4v) is 8.95. The Bertz CT molecular complexity index is 1760. The number of carbonyl (C=O) groups excluding carboxylic acids is 3. The highest BCUT2D eigenvalue weighted by Gasteiger charge is 2.19. The highest BCUT2D eigenvalue weighted by molar-refractivity contribution is 5.71. The molecule has 0 fully saturated rings. The first-order valence-electron chi connectivity index (χ1n) is 33.3. The number of carbonyl (C=O) groups is 3. The van der Waals surface area contributed by atoms with E-state index in [1.807, 2.05) is 0 Å². The minimum Gasteiger partial charge on any atom is -0.462 e. The van der Waals surface area contributed by atoms with Crippen LogP contribution in [-0.4, -0.2) is 37.2 Å². The maximum atomic E-state index is 12.9. The highest BCUT2D eigenvalue weighted by Crippen LogP contribution is 2.16. The molecule has 0 radical (unpaired) electrons. The van der Waals surface area contributed by atoms with Gasteiger partial charge in [0.1, 0.15) is 13.2 Å². The Hall–Kier alpha value is -4.71. The van der Waals surface area contributed by atoms with Gasteiger partial charge in [0.05, 0.1) is 0 Å². The third-order valence-corrected chi connectivity index (χ3v) is 13.8. The van der Waals surface area contributed by atoms with Gasteiger partial charge >= 0.3 is 17.9 Å². The smallest absolute Gasteiger partial charge is 0.306 e. The normalized spacial score (nSPS) is 13.1. The molecule has 0 aliphatic carbocycles. The van der Waals surface area contributed by atoms with Crippen molar-refractivity contribution in [3.05, 3.63) is 146 Å². The van der Waals surface area contributed by atoms with Gasteiger partial charge in [0.15, 0.2) is 6.10 Å². The molecule has 0 saturated heterocycles. The SMILES string of the molecule is CC/C=C\C/C=C\C/C=C\C/C=C\C/C=C\CCCCCCCCCCCCCCCCCCCC(=O)OCC(COC(=O)CCCCCCC/C=C\C/C=C\C/C=C\CC)OC(=O)CCCC/C=C\C/C=C\C/C=C\C/C=C\CC. The van der Waals surface area contributed by atoms with E-state index in [0.717, 1.165) is 148 Å². The minimum absolute atomic E-state index is 0.103. The summed E-state index contributed by atoms with van der Waals surface area (Å²) in [6, 6.07) is 0. The van der Waals surface area contributed by atoms with Crippen molar-refractivity contribution in [2.45, 2.75) is 297 Å². The lowest BCUT2D eigenvalue weighted by molar-refractivity contribution is -0.167. The van der Waals surface area contributed by atoms with Gasteiger partial charge in [-0.25, -0.2) is 0 Å². The quantitative estimate of drug-likeness (QED) is 0.0261. The Kier molecular flexibility index (Phi) is 63.9. The van der Waals surface area contributed by atoms with Gasteiger partial charge < -0.3 is 14.2 Å². The summed E-state index contributed by atoms with van der Waals surface area (Å²) >= 11 is 0. The van der Waals surface area contributed by atoms with Gasteiger partial charge in [-0.15, -0.1) is 0 Å². The zero-order valence-corrected chi connectivity index (χ0v) is 52.5. The second-order valence-electron chi connectivity index (χ2n) is 21.6. The maximum absolute atomic E-state index is 12.9. The van der Waals surface area contributed by atoms with E-state index in [0.29, 0.717) is 19.3 Å². The second-order valence-corrected chi connectivity index (χ2v) is 21.6. The van der Waals surface area contributed by atoms with E-state index < -0.39 is 6.10 Å². The average molecular weight is 1120 g/mol. The van der Waals surface area contributed by atoms with Crippen LogP contribution in [0.3, 0.4) is 0 Å². The Morgan fingerprint density at radius 2 is 0.444 bits per heavy atom. The summed E-state index contributed by atoms with van der Waals surface area (Å²) in [6.07, 6.45) is 97.4. The molecule has 458 valence electrons. The molecule has 0 aliphatic rings. The van der Waals surface area contributed by atoms with Gasteiger partial charge in [-0.1, -0.05) is 282 Å². The number of hydrogen-bond donors (Lipinski definition) is 0. The molecular weight excluding hydrogens is 997 g/mol. The number of esters is 3. The monoisotopic (exact) mass is 1120 g/mol. The van der Waals surface area contributed by atoms with Crippen molar-refractivity contribution in [3.63, 3.8) is 0 Å². The molecule has 1 atom stereocenters. The van der Waals surface area contributed by atoms with Crippen molar-refractivity contribution in [1.82, 2.24) is 0 Å². The summed E-state index contributed by atoms with van der Waals surface area (Å²) < 4.78 is 16.9. The molecule has 0 aliphatic heterocycles. The van der Waals surface area contributed by atoms with Crippen LogP contribution in [0.25, 0.3) is 0 Å². The van der Waals surface area contributed by atoms with Crippen molar-refractivity contribution in [1.29, 1.82) is 0 Å². The van der Waals surface area contributed by atoms with Gasteiger partial charge in [-0.3, -0.25) is 14.4 Å². The first kappa shape index (κ1) is 76.3. The van der Waals surface area contributed by atoms with E-state index in [4.69, 9.17) is 14.2 Å². The van der Waals surface area contributed by atoms with Crippen molar-refractivity contribution in [3.8, 4) is 0 Å². The van der Waals surface area contributed by atoms with Crippen LogP contribution in [0.5, 0.6) is 0 Å². The van der Waals surface area contributed by atoms with Crippen LogP contribution in [0.2, 0.25) is 0 Å². The van der Waals surface area contributed by atoms with E-state index in [2.05, 4.69) is 167 Å². The molecule has 1 unspecified atom stereocenters. The van der Waals surface area contributed by atoms with Crippen LogP contribution in [0.15, 0.2) is 146 Å². The molecule has 0 saturated carbocycles. The molecule has 0 amide bonds. The number of unbranched alkanes of at least 4 members (excludes halogenated alkanes) is 24. The number of hydrogen-bond acceptors (Lipinski definition) is 6. The van der Waals surface area contributed by atoms with Crippen molar-refractivity contribution < 1.29 is 28.6 Å². The molecule has 0 aromatic rings. The topological polar surface area (TPSA) is 78.9 Å². The third-order valence-electron chi connectivity index (χ3n) is 13.8. The molecule has 0 rings (SSSR count). The lowest BCUT2D eigenvalue weighted by Crippen LogP contribution is -2.30. The molecule has 0 spiro atoms. The molecule has 0 aromatic heterocycles. The van der Waals surface area contributed by atoms with Crippen LogP contribution >= 0.6 is 0 Å².